The van der Waals surface area contributed by atoms with Gasteiger partial charge in [0.1, 0.15) is 5.82 Å². The standard InChI is InChI=1S/C22H30N6.HI/c1-4-23-22(25-16-18(3)19-10-7-9-17(2)15-19)24-13-8-12-21-27-26-20-11-5-6-14-28(20)21;/h5-7,9-11,14-15,18H,4,8,12-13,16H2,1-3H3,(H2,23,24,25);1H. The molecule has 0 aliphatic carbocycles. The Morgan fingerprint density at radius 3 is 2.79 bits per heavy atom. The maximum absolute atomic E-state index is 4.77. The third-order valence-electron chi connectivity index (χ3n) is 4.73. The van der Waals surface area contributed by atoms with E-state index in [0.717, 1.165) is 49.9 Å². The van der Waals surface area contributed by atoms with E-state index in [1.165, 1.54) is 11.1 Å². The highest BCUT2D eigenvalue weighted by Gasteiger charge is 2.07. The van der Waals surface area contributed by atoms with Gasteiger partial charge in [0.2, 0.25) is 0 Å². The molecule has 0 amide bonds. The van der Waals surface area contributed by atoms with Gasteiger partial charge >= 0.3 is 0 Å². The fourth-order valence-electron chi connectivity index (χ4n) is 3.17. The van der Waals surface area contributed by atoms with E-state index in [1.54, 1.807) is 0 Å². The van der Waals surface area contributed by atoms with Gasteiger partial charge in [-0.3, -0.25) is 9.39 Å². The molecule has 1 aromatic carbocycles. The van der Waals surface area contributed by atoms with Crippen LogP contribution >= 0.6 is 24.0 Å². The van der Waals surface area contributed by atoms with Gasteiger partial charge in [0.25, 0.3) is 0 Å². The van der Waals surface area contributed by atoms with Crippen LogP contribution in [0.2, 0.25) is 0 Å². The number of hydrogen-bond acceptors (Lipinski definition) is 3. The number of benzene rings is 1. The summed E-state index contributed by atoms with van der Waals surface area (Å²) in [6.07, 6.45) is 3.85. The molecule has 3 aromatic rings. The molecule has 0 aliphatic heterocycles. The Bertz CT molecular complexity index is 920. The SMILES string of the molecule is CCNC(=NCC(C)c1cccc(C)c1)NCCCc1nnc2ccccn12.I. The number of aromatic nitrogens is 3. The van der Waals surface area contributed by atoms with Gasteiger partial charge < -0.3 is 10.6 Å². The van der Waals surface area contributed by atoms with E-state index < -0.39 is 0 Å². The van der Waals surface area contributed by atoms with E-state index in [4.69, 9.17) is 4.99 Å². The Kier molecular flexibility index (Phi) is 9.37. The van der Waals surface area contributed by atoms with Crippen LogP contribution in [0.5, 0.6) is 0 Å². The maximum atomic E-state index is 4.77. The lowest BCUT2D eigenvalue weighted by atomic mass is 10.00. The third kappa shape index (κ3) is 6.69. The summed E-state index contributed by atoms with van der Waals surface area (Å²) in [4.78, 5) is 4.77. The molecule has 6 nitrogen and oxygen atoms in total. The van der Waals surface area contributed by atoms with Crippen molar-refractivity contribution >= 4 is 35.6 Å². The van der Waals surface area contributed by atoms with E-state index in [-0.39, 0.29) is 24.0 Å². The molecule has 0 aliphatic rings. The lowest BCUT2D eigenvalue weighted by molar-refractivity contribution is 0.706. The molecule has 0 saturated heterocycles. The predicted octanol–water partition coefficient (Wildman–Crippen LogP) is 3.95. The van der Waals surface area contributed by atoms with Crippen molar-refractivity contribution in [3.8, 4) is 0 Å². The van der Waals surface area contributed by atoms with Crippen molar-refractivity contribution in [2.45, 2.75) is 39.5 Å². The average Bonchev–Trinajstić information content (AvgIpc) is 3.12. The first-order chi connectivity index (χ1) is 13.7. The van der Waals surface area contributed by atoms with Crippen LogP contribution in [0.4, 0.5) is 0 Å². The Morgan fingerprint density at radius 2 is 2.00 bits per heavy atom. The van der Waals surface area contributed by atoms with Gasteiger partial charge in [-0.1, -0.05) is 42.8 Å². The van der Waals surface area contributed by atoms with Gasteiger partial charge in [0.05, 0.1) is 0 Å². The van der Waals surface area contributed by atoms with E-state index in [9.17, 15) is 0 Å². The van der Waals surface area contributed by atoms with E-state index >= 15 is 0 Å². The zero-order valence-electron chi connectivity index (χ0n) is 17.4. The molecule has 7 heteroatoms. The van der Waals surface area contributed by atoms with Crippen LogP contribution < -0.4 is 10.6 Å². The van der Waals surface area contributed by atoms with Crippen molar-refractivity contribution in [1.82, 2.24) is 25.2 Å². The average molecular weight is 506 g/mol. The highest BCUT2D eigenvalue weighted by Crippen LogP contribution is 2.16. The fraction of sp³-hybridized carbons (Fsp3) is 0.409. The van der Waals surface area contributed by atoms with E-state index in [0.29, 0.717) is 5.92 Å². The minimum absolute atomic E-state index is 0. The molecule has 1 atom stereocenters. The van der Waals surface area contributed by atoms with Crippen LogP contribution in [-0.2, 0) is 6.42 Å². The number of nitrogens with one attached hydrogen (secondary N) is 2. The van der Waals surface area contributed by atoms with Crippen molar-refractivity contribution < 1.29 is 0 Å². The molecule has 156 valence electrons. The molecular formula is C22H31IN6. The van der Waals surface area contributed by atoms with Gasteiger partial charge in [-0.15, -0.1) is 34.2 Å². The molecule has 0 saturated carbocycles. The summed E-state index contributed by atoms with van der Waals surface area (Å²) in [7, 11) is 0. The van der Waals surface area contributed by atoms with Gasteiger partial charge in [0, 0.05) is 38.2 Å². The normalized spacial score (nSPS) is 12.4. The molecule has 3 rings (SSSR count). The molecule has 2 aromatic heterocycles. The smallest absolute Gasteiger partial charge is 0.191 e. The van der Waals surface area contributed by atoms with Crippen LogP contribution in [0.1, 0.15) is 43.1 Å². The zero-order valence-corrected chi connectivity index (χ0v) is 19.8. The molecule has 2 N–H and O–H groups in total. The second kappa shape index (κ2) is 11.7. The second-order valence-electron chi connectivity index (χ2n) is 7.11. The first-order valence-corrected chi connectivity index (χ1v) is 10.0. The second-order valence-corrected chi connectivity index (χ2v) is 7.11. The number of guanidine groups is 1. The molecule has 1 unspecified atom stereocenters. The van der Waals surface area contributed by atoms with E-state index in [2.05, 4.69) is 65.9 Å². The largest absolute Gasteiger partial charge is 0.357 e. The minimum Gasteiger partial charge on any atom is -0.357 e. The number of hydrogen-bond donors (Lipinski definition) is 2. The Morgan fingerprint density at radius 1 is 1.14 bits per heavy atom. The van der Waals surface area contributed by atoms with Crippen LogP contribution in [-0.4, -0.2) is 40.2 Å². The van der Waals surface area contributed by atoms with Crippen molar-refractivity contribution in [3.05, 3.63) is 65.6 Å². The van der Waals surface area contributed by atoms with Crippen LogP contribution in [0.3, 0.4) is 0 Å². The van der Waals surface area contributed by atoms with Crippen molar-refractivity contribution in [1.29, 1.82) is 0 Å². The number of aliphatic imine (C=N–C) groups is 1. The highest BCUT2D eigenvalue weighted by molar-refractivity contribution is 14.0. The predicted molar refractivity (Wildman–Crippen MR) is 130 cm³/mol. The summed E-state index contributed by atoms with van der Waals surface area (Å²) in [6, 6.07) is 14.6. The fourth-order valence-corrected chi connectivity index (χ4v) is 3.17. The molecule has 0 fully saturated rings. The molecule has 0 spiro atoms. The molecule has 29 heavy (non-hydrogen) atoms. The number of rotatable bonds is 8. The van der Waals surface area contributed by atoms with Crippen LogP contribution in [0.25, 0.3) is 5.65 Å². The number of aryl methyl sites for hydroxylation is 2. The van der Waals surface area contributed by atoms with Gasteiger partial charge in [-0.25, -0.2) is 0 Å². The monoisotopic (exact) mass is 506 g/mol. The van der Waals surface area contributed by atoms with E-state index in [1.807, 2.05) is 28.8 Å². The lowest BCUT2D eigenvalue weighted by Crippen LogP contribution is -2.38. The van der Waals surface area contributed by atoms with Gasteiger partial charge in [0.15, 0.2) is 11.6 Å². The van der Waals surface area contributed by atoms with Gasteiger partial charge in [-0.2, -0.15) is 0 Å². The summed E-state index contributed by atoms with van der Waals surface area (Å²) in [6.45, 7) is 8.88. The first kappa shape index (κ1) is 23.1. The quantitative estimate of drug-likeness (QED) is 0.210. The topological polar surface area (TPSA) is 66.6 Å². The zero-order chi connectivity index (χ0) is 19.8. The minimum atomic E-state index is 0. The summed E-state index contributed by atoms with van der Waals surface area (Å²) >= 11 is 0. The van der Waals surface area contributed by atoms with Crippen molar-refractivity contribution in [2.75, 3.05) is 19.6 Å². The van der Waals surface area contributed by atoms with Crippen LogP contribution in [0, 0.1) is 6.92 Å². The number of fused-ring (bicyclic) bond motifs is 1. The summed E-state index contributed by atoms with van der Waals surface area (Å²) < 4.78 is 2.04. The Labute approximate surface area is 190 Å². The third-order valence-corrected chi connectivity index (χ3v) is 4.73. The summed E-state index contributed by atoms with van der Waals surface area (Å²) in [5.74, 6) is 2.25. The maximum Gasteiger partial charge on any atom is 0.191 e. The Balaban J connectivity index is 0.00000300. The Hall–Kier alpha value is -2.16. The summed E-state index contributed by atoms with van der Waals surface area (Å²) in [5.41, 5.74) is 3.52. The van der Waals surface area contributed by atoms with Crippen LogP contribution in [0.15, 0.2) is 53.7 Å². The number of halogens is 1. The molecular weight excluding hydrogens is 475 g/mol. The number of pyridine rings is 1. The lowest BCUT2D eigenvalue weighted by Gasteiger charge is -2.14. The van der Waals surface area contributed by atoms with Crippen molar-refractivity contribution in [3.63, 3.8) is 0 Å². The van der Waals surface area contributed by atoms with Crippen molar-refractivity contribution in [2.24, 2.45) is 4.99 Å². The highest BCUT2D eigenvalue weighted by atomic mass is 127. The first-order valence-electron chi connectivity index (χ1n) is 10.0. The number of nitrogens with zero attached hydrogens (tertiary/aromatic N) is 4. The van der Waals surface area contributed by atoms with Gasteiger partial charge in [-0.05, 0) is 38.0 Å². The molecule has 0 radical (unpaired) electrons. The summed E-state index contributed by atoms with van der Waals surface area (Å²) in [5, 5.41) is 15.3. The molecule has 2 heterocycles. The molecule has 0 bridgehead atoms.